The highest BCUT2D eigenvalue weighted by Gasteiger charge is 2.39. The molecule has 1 aliphatic rings. The first kappa shape index (κ1) is 29.8. The second-order valence-electron chi connectivity index (χ2n) is 13.0. The molecule has 9 nitrogen and oxygen atoms in total. The van der Waals surface area contributed by atoms with Crippen LogP contribution >= 0.6 is 0 Å². The van der Waals surface area contributed by atoms with Crippen molar-refractivity contribution in [3.8, 4) is 11.7 Å². The molecule has 3 heterocycles. The predicted octanol–water partition coefficient (Wildman–Crippen LogP) is 5.44. The molecule has 3 aromatic rings. The molecule has 40 heavy (non-hydrogen) atoms. The zero-order valence-electron chi connectivity index (χ0n) is 24.7. The van der Waals surface area contributed by atoms with Crippen LogP contribution < -0.4 is 14.4 Å². The Balaban J connectivity index is 1.67. The maximum Gasteiger partial charge on any atom is 0.268 e. The molecule has 4 rings (SSSR count). The van der Waals surface area contributed by atoms with Gasteiger partial charge in [0.1, 0.15) is 5.82 Å². The number of amides is 1. The SMILES string of the molecule is C[C@@H]1CN(c2nc(-n3ccc(OC[Si](C)(C)C(C)(C)C)n3)ccc2C(=O)NS(=O)(=O)c2ccccc2)C(C)(C)C1. The van der Waals surface area contributed by atoms with Crippen molar-refractivity contribution >= 4 is 29.8 Å². The summed E-state index contributed by atoms with van der Waals surface area (Å²) >= 11 is 0. The third-order valence-corrected chi connectivity index (χ3v) is 14.4. The average molecular weight is 584 g/mol. The number of sulfonamides is 1. The summed E-state index contributed by atoms with van der Waals surface area (Å²) in [7, 11) is -5.71. The third-order valence-electron chi connectivity index (χ3n) is 8.12. The van der Waals surface area contributed by atoms with E-state index in [1.165, 1.54) is 12.1 Å². The van der Waals surface area contributed by atoms with Gasteiger partial charge in [0.15, 0.2) is 5.82 Å². The number of rotatable bonds is 8. The minimum Gasteiger partial charge on any atom is -0.480 e. The number of carbonyl (C=O) groups is 1. The van der Waals surface area contributed by atoms with Crippen LogP contribution in [0, 0.1) is 5.92 Å². The van der Waals surface area contributed by atoms with Crippen LogP contribution in [0.3, 0.4) is 0 Å². The normalized spacial score (nSPS) is 17.6. The Morgan fingerprint density at radius 2 is 1.80 bits per heavy atom. The zero-order valence-corrected chi connectivity index (χ0v) is 26.5. The molecule has 0 aliphatic carbocycles. The lowest BCUT2D eigenvalue weighted by Gasteiger charge is -2.35. The van der Waals surface area contributed by atoms with Gasteiger partial charge in [-0.05, 0) is 55.5 Å². The summed E-state index contributed by atoms with van der Waals surface area (Å²) in [6.07, 6.45) is 3.33. The Morgan fingerprint density at radius 3 is 2.40 bits per heavy atom. The van der Waals surface area contributed by atoms with Gasteiger partial charge in [-0.15, -0.1) is 5.10 Å². The zero-order chi connectivity index (χ0) is 29.5. The lowest BCUT2D eigenvalue weighted by molar-refractivity contribution is 0.0981. The van der Waals surface area contributed by atoms with E-state index >= 15 is 0 Å². The highest BCUT2D eigenvalue weighted by molar-refractivity contribution is 7.90. The minimum atomic E-state index is -4.05. The lowest BCUT2D eigenvalue weighted by Crippen LogP contribution is -2.43. The van der Waals surface area contributed by atoms with E-state index in [9.17, 15) is 13.2 Å². The average Bonchev–Trinajstić information content (AvgIpc) is 3.45. The van der Waals surface area contributed by atoms with Gasteiger partial charge in [-0.2, -0.15) is 0 Å². The molecule has 1 amide bonds. The summed E-state index contributed by atoms with van der Waals surface area (Å²) in [4.78, 5) is 20.4. The van der Waals surface area contributed by atoms with Gasteiger partial charge >= 0.3 is 0 Å². The maximum absolute atomic E-state index is 13.4. The number of hydrogen-bond acceptors (Lipinski definition) is 7. The molecule has 0 saturated carbocycles. The molecule has 2 aromatic heterocycles. The number of benzene rings is 1. The molecule has 1 N–H and O–H groups in total. The molecule has 1 fully saturated rings. The number of aromatic nitrogens is 3. The summed E-state index contributed by atoms with van der Waals surface area (Å²) in [6, 6.07) is 12.9. The molecule has 0 radical (unpaired) electrons. The minimum absolute atomic E-state index is 0.0198. The summed E-state index contributed by atoms with van der Waals surface area (Å²) in [5.74, 6) is 1.09. The fourth-order valence-corrected chi connectivity index (χ4v) is 6.66. The number of nitrogens with one attached hydrogen (secondary N) is 1. The molecule has 1 aromatic carbocycles. The number of carbonyl (C=O) groups excluding carboxylic acids is 1. The first-order chi connectivity index (χ1) is 18.5. The second-order valence-corrected chi connectivity index (χ2v) is 20.3. The Kier molecular flexibility index (Phi) is 7.94. The fraction of sp³-hybridized carbons (Fsp3) is 0.483. The summed E-state index contributed by atoms with van der Waals surface area (Å²) in [5, 5.41) is 4.79. The van der Waals surface area contributed by atoms with Crippen molar-refractivity contribution in [3.05, 3.63) is 60.3 Å². The smallest absolute Gasteiger partial charge is 0.268 e. The van der Waals surface area contributed by atoms with Gasteiger partial charge in [0.05, 0.1) is 24.8 Å². The van der Waals surface area contributed by atoms with Crippen molar-refractivity contribution in [1.82, 2.24) is 19.5 Å². The largest absolute Gasteiger partial charge is 0.480 e. The Bertz CT molecular complexity index is 1480. The Hall–Kier alpha value is -3.18. The highest BCUT2D eigenvalue weighted by Crippen LogP contribution is 2.38. The highest BCUT2D eigenvalue weighted by atomic mass is 32.2. The molecular formula is C29H41N5O4SSi. The van der Waals surface area contributed by atoms with Crippen LogP contribution in [0.5, 0.6) is 5.88 Å². The van der Waals surface area contributed by atoms with Gasteiger partial charge in [0.25, 0.3) is 15.9 Å². The van der Waals surface area contributed by atoms with Crippen LogP contribution in [-0.4, -0.2) is 55.5 Å². The predicted molar refractivity (Wildman–Crippen MR) is 160 cm³/mol. The van der Waals surface area contributed by atoms with Crippen LogP contribution in [0.2, 0.25) is 18.1 Å². The second kappa shape index (κ2) is 10.7. The van der Waals surface area contributed by atoms with Crippen LogP contribution in [0.1, 0.15) is 58.3 Å². The van der Waals surface area contributed by atoms with E-state index in [1.54, 1.807) is 41.2 Å². The maximum atomic E-state index is 13.4. The van der Waals surface area contributed by atoms with E-state index in [2.05, 4.69) is 69.4 Å². The molecule has 0 unspecified atom stereocenters. The number of nitrogens with zero attached hydrogens (tertiary/aromatic N) is 4. The van der Waals surface area contributed by atoms with E-state index in [0.29, 0.717) is 36.2 Å². The topological polar surface area (TPSA) is 106 Å². The van der Waals surface area contributed by atoms with Gasteiger partial charge in [-0.25, -0.2) is 22.8 Å². The lowest BCUT2D eigenvalue weighted by atomic mass is 9.97. The van der Waals surface area contributed by atoms with Gasteiger partial charge < -0.3 is 9.64 Å². The van der Waals surface area contributed by atoms with Crippen molar-refractivity contribution in [2.45, 2.75) is 76.5 Å². The van der Waals surface area contributed by atoms with Gasteiger partial charge in [-0.1, -0.05) is 59.0 Å². The molecule has 0 spiro atoms. The van der Waals surface area contributed by atoms with Gasteiger partial charge in [-0.3, -0.25) is 4.79 Å². The first-order valence-electron chi connectivity index (χ1n) is 13.6. The van der Waals surface area contributed by atoms with Crippen molar-refractivity contribution in [2.24, 2.45) is 5.92 Å². The monoisotopic (exact) mass is 583 g/mol. The van der Waals surface area contributed by atoms with Crippen molar-refractivity contribution < 1.29 is 17.9 Å². The number of ether oxygens (including phenoxy) is 1. The standard InChI is InChI=1S/C29H41N5O4SSi/c1-21-18-29(5,6)33(19-21)26-23(27(35)32-39(36,37)22-12-10-9-11-13-22)14-15-24(30-26)34-17-16-25(31-34)38-20-40(7,8)28(2,3)4/h9-17,21H,18-20H2,1-8H3,(H,32,35)/t21-/m0/s1. The molecule has 1 aliphatic heterocycles. The summed E-state index contributed by atoms with van der Waals surface area (Å²) < 4.78 is 35.8. The summed E-state index contributed by atoms with van der Waals surface area (Å²) in [6.45, 7) is 18.4. The Morgan fingerprint density at radius 1 is 1.12 bits per heavy atom. The van der Waals surface area contributed by atoms with Crippen LogP contribution in [0.25, 0.3) is 5.82 Å². The molecule has 1 saturated heterocycles. The van der Waals surface area contributed by atoms with Crippen LogP contribution in [0.15, 0.2) is 59.6 Å². The number of pyridine rings is 1. The van der Waals surface area contributed by atoms with E-state index in [0.717, 1.165) is 6.42 Å². The third kappa shape index (κ3) is 6.25. The van der Waals surface area contributed by atoms with E-state index in [1.807, 2.05) is 6.07 Å². The summed E-state index contributed by atoms with van der Waals surface area (Å²) in [5.41, 5.74) is -0.0908. The first-order valence-corrected chi connectivity index (χ1v) is 18.3. The van der Waals surface area contributed by atoms with E-state index < -0.39 is 24.0 Å². The molecular weight excluding hydrogens is 543 g/mol. The molecule has 216 valence electrons. The van der Waals surface area contributed by atoms with Crippen molar-refractivity contribution in [3.63, 3.8) is 0 Å². The van der Waals surface area contributed by atoms with Gasteiger partial charge in [0, 0.05) is 24.3 Å². The van der Waals surface area contributed by atoms with Crippen molar-refractivity contribution in [2.75, 3.05) is 17.7 Å². The number of hydrogen-bond donors (Lipinski definition) is 1. The van der Waals surface area contributed by atoms with E-state index in [-0.39, 0.29) is 21.0 Å². The Labute approximate surface area is 239 Å². The van der Waals surface area contributed by atoms with E-state index in [4.69, 9.17) is 9.72 Å². The fourth-order valence-electron chi connectivity index (χ4n) is 4.73. The number of anilines is 1. The van der Waals surface area contributed by atoms with Crippen LogP contribution in [0.4, 0.5) is 5.82 Å². The molecule has 11 heteroatoms. The molecule has 0 bridgehead atoms. The van der Waals surface area contributed by atoms with Crippen molar-refractivity contribution in [1.29, 1.82) is 0 Å². The molecule has 1 atom stereocenters. The van der Waals surface area contributed by atoms with Crippen LogP contribution in [-0.2, 0) is 10.0 Å². The quantitative estimate of drug-likeness (QED) is 0.352. The van der Waals surface area contributed by atoms with Gasteiger partial charge in [0.2, 0.25) is 5.88 Å².